The van der Waals surface area contributed by atoms with Crippen molar-refractivity contribution in [1.29, 1.82) is 0 Å². The van der Waals surface area contributed by atoms with Crippen LogP contribution in [0.5, 0.6) is 0 Å². The lowest BCUT2D eigenvalue weighted by molar-refractivity contribution is -0.0214. The molecule has 20 heavy (non-hydrogen) atoms. The lowest BCUT2D eigenvalue weighted by Crippen LogP contribution is -2.32. The molecular formula is C16H24BrNO2. The van der Waals surface area contributed by atoms with Crippen LogP contribution >= 0.6 is 15.9 Å². The average Bonchev–Trinajstić information content (AvgIpc) is 2.50. The molecule has 0 bridgehead atoms. The molecule has 1 heterocycles. The fraction of sp³-hybridized carbons (Fsp3) is 0.625. The molecule has 2 N–H and O–H groups in total. The summed E-state index contributed by atoms with van der Waals surface area (Å²) < 4.78 is 12.7. The number of ether oxygens (including phenoxy) is 2. The molecule has 2 atom stereocenters. The molecule has 1 aliphatic heterocycles. The van der Waals surface area contributed by atoms with Crippen molar-refractivity contribution in [3.8, 4) is 0 Å². The number of rotatable bonds is 6. The van der Waals surface area contributed by atoms with Crippen LogP contribution < -0.4 is 5.73 Å². The van der Waals surface area contributed by atoms with E-state index in [0.717, 1.165) is 49.1 Å². The molecule has 1 aliphatic rings. The van der Waals surface area contributed by atoms with E-state index in [1.165, 1.54) is 0 Å². The predicted octanol–water partition coefficient (Wildman–Crippen LogP) is 3.67. The van der Waals surface area contributed by atoms with Gasteiger partial charge in [0.25, 0.3) is 0 Å². The Morgan fingerprint density at radius 3 is 2.70 bits per heavy atom. The highest BCUT2D eigenvalue weighted by Crippen LogP contribution is 2.30. The van der Waals surface area contributed by atoms with Gasteiger partial charge in [-0.2, -0.15) is 0 Å². The fourth-order valence-electron chi connectivity index (χ4n) is 2.52. The van der Waals surface area contributed by atoms with Crippen LogP contribution in [0.4, 0.5) is 0 Å². The van der Waals surface area contributed by atoms with Gasteiger partial charge in [0.2, 0.25) is 0 Å². The Kier molecular flexibility index (Phi) is 6.49. The summed E-state index contributed by atoms with van der Waals surface area (Å²) >= 11 is 3.60. The van der Waals surface area contributed by atoms with Crippen molar-refractivity contribution in [2.75, 3.05) is 19.8 Å². The SMILES string of the molecule is CCC(N)C(OCC1CCOCC1)c1ccccc1Br. The zero-order valence-electron chi connectivity index (χ0n) is 12.1. The van der Waals surface area contributed by atoms with E-state index in [1.807, 2.05) is 18.2 Å². The summed E-state index contributed by atoms with van der Waals surface area (Å²) in [5.74, 6) is 0.595. The van der Waals surface area contributed by atoms with Crippen molar-refractivity contribution in [3.63, 3.8) is 0 Å². The van der Waals surface area contributed by atoms with Crippen LogP contribution in [0.25, 0.3) is 0 Å². The molecule has 1 fully saturated rings. The van der Waals surface area contributed by atoms with Crippen molar-refractivity contribution < 1.29 is 9.47 Å². The normalized spacial score (nSPS) is 19.8. The largest absolute Gasteiger partial charge is 0.381 e. The summed E-state index contributed by atoms with van der Waals surface area (Å²) in [5, 5.41) is 0. The second kappa shape index (κ2) is 8.13. The Balaban J connectivity index is 2.02. The summed E-state index contributed by atoms with van der Waals surface area (Å²) in [6.45, 7) is 4.58. The molecule has 0 aliphatic carbocycles. The lowest BCUT2D eigenvalue weighted by atomic mass is 9.99. The van der Waals surface area contributed by atoms with Crippen LogP contribution in [0.15, 0.2) is 28.7 Å². The van der Waals surface area contributed by atoms with Gasteiger partial charge in [0.05, 0.1) is 12.7 Å². The van der Waals surface area contributed by atoms with Crippen LogP contribution in [0, 0.1) is 5.92 Å². The molecule has 2 unspecified atom stereocenters. The summed E-state index contributed by atoms with van der Waals surface area (Å²) in [6, 6.07) is 8.21. The van der Waals surface area contributed by atoms with E-state index < -0.39 is 0 Å². The fourth-order valence-corrected chi connectivity index (χ4v) is 3.03. The molecule has 0 saturated carbocycles. The third-order valence-electron chi connectivity index (χ3n) is 3.92. The highest BCUT2D eigenvalue weighted by atomic mass is 79.9. The van der Waals surface area contributed by atoms with Gasteiger partial charge in [-0.25, -0.2) is 0 Å². The first kappa shape index (κ1) is 16.0. The van der Waals surface area contributed by atoms with E-state index in [9.17, 15) is 0 Å². The van der Waals surface area contributed by atoms with Crippen LogP contribution in [0.2, 0.25) is 0 Å². The molecule has 1 saturated heterocycles. The Morgan fingerprint density at radius 2 is 2.05 bits per heavy atom. The van der Waals surface area contributed by atoms with E-state index >= 15 is 0 Å². The van der Waals surface area contributed by atoms with E-state index in [4.69, 9.17) is 15.2 Å². The highest BCUT2D eigenvalue weighted by Gasteiger charge is 2.23. The Labute approximate surface area is 130 Å². The van der Waals surface area contributed by atoms with Crippen molar-refractivity contribution in [2.24, 2.45) is 11.7 Å². The van der Waals surface area contributed by atoms with Gasteiger partial charge in [-0.1, -0.05) is 41.1 Å². The maximum Gasteiger partial charge on any atom is 0.0986 e. The quantitative estimate of drug-likeness (QED) is 0.858. The van der Waals surface area contributed by atoms with Gasteiger partial charge in [-0.3, -0.25) is 0 Å². The number of hydrogen-bond acceptors (Lipinski definition) is 3. The summed E-state index contributed by atoms with van der Waals surface area (Å²) in [6.07, 6.45) is 3.03. The second-order valence-corrected chi connectivity index (χ2v) is 6.26. The maximum atomic E-state index is 6.26. The molecule has 3 nitrogen and oxygen atoms in total. The molecule has 112 valence electrons. The molecule has 1 aromatic carbocycles. The lowest BCUT2D eigenvalue weighted by Gasteiger charge is -2.28. The van der Waals surface area contributed by atoms with E-state index in [-0.39, 0.29) is 12.1 Å². The van der Waals surface area contributed by atoms with Crippen LogP contribution in [0.3, 0.4) is 0 Å². The topological polar surface area (TPSA) is 44.5 Å². The van der Waals surface area contributed by atoms with Crippen LogP contribution in [-0.4, -0.2) is 25.9 Å². The minimum atomic E-state index is -0.0431. The minimum Gasteiger partial charge on any atom is -0.381 e. The van der Waals surface area contributed by atoms with Gasteiger partial charge in [-0.05, 0) is 36.8 Å². The maximum absolute atomic E-state index is 6.26. The number of nitrogens with two attached hydrogens (primary N) is 1. The van der Waals surface area contributed by atoms with Crippen molar-refractivity contribution in [3.05, 3.63) is 34.3 Å². The molecule has 1 aromatic rings. The van der Waals surface area contributed by atoms with Crippen LogP contribution in [-0.2, 0) is 9.47 Å². The summed E-state index contributed by atoms with van der Waals surface area (Å²) in [7, 11) is 0. The monoisotopic (exact) mass is 341 g/mol. The molecule has 0 spiro atoms. The zero-order chi connectivity index (χ0) is 14.4. The van der Waals surface area contributed by atoms with Gasteiger partial charge >= 0.3 is 0 Å². The zero-order valence-corrected chi connectivity index (χ0v) is 13.6. The smallest absolute Gasteiger partial charge is 0.0986 e. The standard InChI is InChI=1S/C16H24BrNO2/c1-2-15(18)16(13-5-3-4-6-14(13)17)20-11-12-7-9-19-10-8-12/h3-6,12,15-16H,2,7-11,18H2,1H3. The first-order valence-corrected chi connectivity index (χ1v) is 8.21. The summed E-state index contributed by atoms with van der Waals surface area (Å²) in [4.78, 5) is 0. The third kappa shape index (κ3) is 4.29. The van der Waals surface area contributed by atoms with Gasteiger partial charge in [0.1, 0.15) is 0 Å². The number of hydrogen-bond donors (Lipinski definition) is 1. The first-order chi connectivity index (χ1) is 9.72. The third-order valence-corrected chi connectivity index (χ3v) is 4.65. The number of benzene rings is 1. The minimum absolute atomic E-state index is 0.0218. The van der Waals surface area contributed by atoms with Gasteiger partial charge < -0.3 is 15.2 Å². The highest BCUT2D eigenvalue weighted by molar-refractivity contribution is 9.10. The molecular weight excluding hydrogens is 318 g/mol. The molecule has 4 heteroatoms. The molecule has 0 radical (unpaired) electrons. The molecule has 2 rings (SSSR count). The van der Waals surface area contributed by atoms with Crippen molar-refractivity contribution >= 4 is 15.9 Å². The van der Waals surface area contributed by atoms with Gasteiger partial charge in [0.15, 0.2) is 0 Å². The van der Waals surface area contributed by atoms with E-state index in [0.29, 0.717) is 5.92 Å². The van der Waals surface area contributed by atoms with Crippen LogP contribution in [0.1, 0.15) is 37.9 Å². The summed E-state index contributed by atoms with van der Waals surface area (Å²) in [5.41, 5.74) is 7.41. The van der Waals surface area contributed by atoms with E-state index in [1.54, 1.807) is 0 Å². The first-order valence-electron chi connectivity index (χ1n) is 7.41. The Bertz CT molecular complexity index is 407. The molecule has 0 aromatic heterocycles. The molecule has 0 amide bonds. The predicted molar refractivity (Wildman–Crippen MR) is 84.6 cm³/mol. The Hall–Kier alpha value is -0.420. The van der Waals surface area contributed by atoms with Crippen molar-refractivity contribution in [2.45, 2.75) is 38.3 Å². The van der Waals surface area contributed by atoms with Gasteiger partial charge in [0, 0.05) is 23.7 Å². The average molecular weight is 342 g/mol. The number of halogens is 1. The van der Waals surface area contributed by atoms with Crippen molar-refractivity contribution in [1.82, 2.24) is 0 Å². The van der Waals surface area contributed by atoms with E-state index in [2.05, 4.69) is 28.9 Å². The van der Waals surface area contributed by atoms with Gasteiger partial charge in [-0.15, -0.1) is 0 Å². The second-order valence-electron chi connectivity index (χ2n) is 5.40. The Morgan fingerprint density at radius 1 is 1.35 bits per heavy atom.